The lowest BCUT2D eigenvalue weighted by Gasteiger charge is -2.22. The summed E-state index contributed by atoms with van der Waals surface area (Å²) >= 11 is 0. The van der Waals surface area contributed by atoms with E-state index in [4.69, 9.17) is 10.4 Å². The molecule has 0 bridgehead atoms. The maximum atomic E-state index is 9.14. The van der Waals surface area contributed by atoms with Gasteiger partial charge in [-0.2, -0.15) is 0 Å². The van der Waals surface area contributed by atoms with E-state index in [2.05, 4.69) is 22.6 Å². The lowest BCUT2D eigenvalue weighted by molar-refractivity contribution is 0.234. The van der Waals surface area contributed by atoms with E-state index < -0.39 is 0 Å². The van der Waals surface area contributed by atoms with Crippen molar-refractivity contribution in [1.29, 1.82) is 0 Å². The van der Waals surface area contributed by atoms with E-state index in [9.17, 15) is 0 Å². The topological polar surface area (TPSA) is 77.2 Å². The Hall–Kier alpha value is -1.10. The summed E-state index contributed by atoms with van der Waals surface area (Å²) in [7, 11) is 0. The number of hydroxylamine groups is 1. The first-order valence-corrected chi connectivity index (χ1v) is 7.00. The zero-order valence-electron chi connectivity index (χ0n) is 11.2. The molecule has 0 aliphatic heterocycles. The second-order valence-electron chi connectivity index (χ2n) is 4.87. The third-order valence-corrected chi connectivity index (χ3v) is 3.48. The van der Waals surface area contributed by atoms with Gasteiger partial charge in [-0.3, -0.25) is 15.7 Å². The molecule has 0 unspecified atom stereocenters. The molecule has 18 heavy (non-hydrogen) atoms. The van der Waals surface area contributed by atoms with Crippen LogP contribution in [0.25, 0.3) is 0 Å². The normalized spacial score (nSPS) is 19.0. The number of nitrogens with one attached hydrogen (secondary N) is 1. The fourth-order valence-corrected chi connectivity index (χ4v) is 2.42. The molecule has 0 saturated heterocycles. The summed E-state index contributed by atoms with van der Waals surface area (Å²) < 4.78 is 0. The summed E-state index contributed by atoms with van der Waals surface area (Å²) in [5.74, 6) is 0.550. The Bertz CT molecular complexity index is 284. The van der Waals surface area contributed by atoms with Gasteiger partial charge in [0, 0.05) is 12.5 Å². The van der Waals surface area contributed by atoms with Gasteiger partial charge in [0.25, 0.3) is 0 Å². The number of aliphatic imine (C=N–C) groups is 1. The summed E-state index contributed by atoms with van der Waals surface area (Å²) in [6.07, 6.45) is 8.81. The van der Waals surface area contributed by atoms with Crippen molar-refractivity contribution >= 4 is 11.5 Å². The molecule has 1 saturated carbocycles. The Balaban J connectivity index is 2.59. The summed E-state index contributed by atoms with van der Waals surface area (Å²) in [5.41, 5.74) is 2.59. The van der Waals surface area contributed by atoms with E-state index in [-0.39, 0.29) is 5.92 Å². The molecule has 0 aromatic rings. The first kappa shape index (κ1) is 15.0. The number of hydrogen-bond acceptors (Lipinski definition) is 4. The zero-order valence-corrected chi connectivity index (χ0v) is 11.2. The standard InChI is InChI=1S/C13H25N3O2/c1-2-3-7-10-14-13(16-18)12(15-17)11-8-5-4-6-9-11/h11,17-18H,2-10H2,1H3,(H,14,16)/b15-12-. The van der Waals surface area contributed by atoms with Crippen LogP contribution in [0.3, 0.4) is 0 Å². The van der Waals surface area contributed by atoms with Crippen molar-refractivity contribution in [2.24, 2.45) is 16.1 Å². The Morgan fingerprint density at radius 3 is 2.50 bits per heavy atom. The predicted octanol–water partition coefficient (Wildman–Crippen LogP) is 2.96. The summed E-state index contributed by atoms with van der Waals surface area (Å²) in [4.78, 5) is 4.29. The van der Waals surface area contributed by atoms with Crippen LogP contribution in [-0.4, -0.2) is 28.5 Å². The number of nitrogens with zero attached hydrogens (tertiary/aromatic N) is 2. The first-order chi connectivity index (χ1) is 8.83. The van der Waals surface area contributed by atoms with Crippen LogP contribution in [0.5, 0.6) is 0 Å². The fraction of sp³-hybridized carbons (Fsp3) is 0.846. The van der Waals surface area contributed by atoms with Crippen molar-refractivity contribution in [2.45, 2.75) is 58.3 Å². The molecule has 0 aromatic carbocycles. The largest absolute Gasteiger partial charge is 0.411 e. The van der Waals surface area contributed by atoms with Gasteiger partial charge in [0.05, 0.1) is 0 Å². The molecule has 1 aliphatic rings. The smallest absolute Gasteiger partial charge is 0.170 e. The van der Waals surface area contributed by atoms with Crippen LogP contribution in [0.1, 0.15) is 58.3 Å². The lowest BCUT2D eigenvalue weighted by atomic mass is 9.85. The second-order valence-corrected chi connectivity index (χ2v) is 4.87. The molecule has 0 amide bonds. The van der Waals surface area contributed by atoms with Crippen molar-refractivity contribution in [1.82, 2.24) is 5.48 Å². The third kappa shape index (κ3) is 4.64. The van der Waals surface area contributed by atoms with Crippen molar-refractivity contribution in [3.8, 4) is 0 Å². The third-order valence-electron chi connectivity index (χ3n) is 3.48. The Morgan fingerprint density at radius 1 is 1.22 bits per heavy atom. The van der Waals surface area contributed by atoms with E-state index in [1.807, 2.05) is 0 Å². The average Bonchev–Trinajstić information content (AvgIpc) is 2.43. The van der Waals surface area contributed by atoms with Gasteiger partial charge in [-0.05, 0) is 19.3 Å². The van der Waals surface area contributed by atoms with E-state index in [1.54, 1.807) is 0 Å². The monoisotopic (exact) mass is 255 g/mol. The van der Waals surface area contributed by atoms with E-state index in [0.29, 0.717) is 18.1 Å². The molecule has 0 radical (unpaired) electrons. The van der Waals surface area contributed by atoms with Crippen LogP contribution in [0.15, 0.2) is 10.1 Å². The summed E-state index contributed by atoms with van der Waals surface area (Å²) in [6, 6.07) is 0. The lowest BCUT2D eigenvalue weighted by Crippen LogP contribution is -2.35. The molecule has 5 nitrogen and oxygen atoms in total. The first-order valence-electron chi connectivity index (χ1n) is 7.00. The van der Waals surface area contributed by atoms with Crippen LogP contribution in [-0.2, 0) is 0 Å². The highest BCUT2D eigenvalue weighted by molar-refractivity contribution is 6.41. The van der Waals surface area contributed by atoms with Crippen molar-refractivity contribution in [2.75, 3.05) is 6.54 Å². The molecule has 5 heteroatoms. The predicted molar refractivity (Wildman–Crippen MR) is 72.5 cm³/mol. The molecule has 0 heterocycles. The number of amidine groups is 1. The van der Waals surface area contributed by atoms with Gasteiger partial charge in [0.15, 0.2) is 5.84 Å². The number of rotatable bonds is 6. The zero-order chi connectivity index (χ0) is 13.2. The second kappa shape index (κ2) is 8.91. The highest BCUT2D eigenvalue weighted by Gasteiger charge is 2.23. The minimum absolute atomic E-state index is 0.216. The molecule has 1 fully saturated rings. The molecular formula is C13H25N3O2. The Morgan fingerprint density at radius 2 is 1.94 bits per heavy atom. The van der Waals surface area contributed by atoms with Crippen molar-refractivity contribution in [3.63, 3.8) is 0 Å². The van der Waals surface area contributed by atoms with E-state index >= 15 is 0 Å². The van der Waals surface area contributed by atoms with Crippen LogP contribution >= 0.6 is 0 Å². The van der Waals surface area contributed by atoms with Gasteiger partial charge in [-0.25, -0.2) is 0 Å². The minimum atomic E-state index is 0.216. The van der Waals surface area contributed by atoms with Crippen LogP contribution in [0, 0.1) is 5.92 Å². The van der Waals surface area contributed by atoms with Crippen molar-refractivity contribution < 1.29 is 10.4 Å². The Labute approximate surface area is 109 Å². The highest BCUT2D eigenvalue weighted by Crippen LogP contribution is 2.25. The molecule has 104 valence electrons. The van der Waals surface area contributed by atoms with Gasteiger partial charge >= 0.3 is 0 Å². The van der Waals surface area contributed by atoms with Gasteiger partial charge in [0.2, 0.25) is 0 Å². The molecule has 0 spiro atoms. The number of unbranched alkanes of at least 4 members (excludes halogenated alkanes) is 2. The quantitative estimate of drug-likeness (QED) is 0.224. The van der Waals surface area contributed by atoms with Crippen LogP contribution < -0.4 is 5.48 Å². The maximum absolute atomic E-state index is 9.14. The molecule has 1 rings (SSSR count). The average molecular weight is 255 g/mol. The van der Waals surface area contributed by atoms with Crippen LogP contribution in [0.2, 0.25) is 0 Å². The molecule has 0 aromatic heterocycles. The molecule has 1 aliphatic carbocycles. The molecular weight excluding hydrogens is 230 g/mol. The minimum Gasteiger partial charge on any atom is -0.411 e. The number of oxime groups is 1. The summed E-state index contributed by atoms with van der Waals surface area (Å²) in [6.45, 7) is 2.79. The molecule has 0 atom stereocenters. The van der Waals surface area contributed by atoms with Gasteiger partial charge < -0.3 is 5.21 Å². The van der Waals surface area contributed by atoms with Gasteiger partial charge in [-0.15, -0.1) is 0 Å². The fourth-order valence-electron chi connectivity index (χ4n) is 2.42. The molecule has 3 N–H and O–H groups in total. The van der Waals surface area contributed by atoms with Crippen molar-refractivity contribution in [3.05, 3.63) is 0 Å². The van der Waals surface area contributed by atoms with E-state index in [0.717, 1.165) is 44.9 Å². The van der Waals surface area contributed by atoms with Gasteiger partial charge in [0.1, 0.15) is 5.71 Å². The van der Waals surface area contributed by atoms with Crippen LogP contribution in [0.4, 0.5) is 0 Å². The maximum Gasteiger partial charge on any atom is 0.170 e. The number of hydrogen-bond donors (Lipinski definition) is 3. The van der Waals surface area contributed by atoms with E-state index in [1.165, 1.54) is 6.42 Å². The Kier molecular flexibility index (Phi) is 7.41. The highest BCUT2D eigenvalue weighted by atomic mass is 16.5. The van der Waals surface area contributed by atoms with Gasteiger partial charge in [-0.1, -0.05) is 44.2 Å². The SMILES string of the molecule is CCCCCN=C(NO)/C(=N\O)C1CCCCC1. The summed E-state index contributed by atoms with van der Waals surface area (Å²) in [5, 5.41) is 21.6.